The average Bonchev–Trinajstić information content (AvgIpc) is 3.14. The molecule has 5 nitrogen and oxygen atoms in total. The molecule has 1 aliphatic heterocycles. The molecular formula is C12H8Cl2F2N4O. The molecule has 4 rings (SSSR count). The summed E-state index contributed by atoms with van der Waals surface area (Å²) in [6.07, 6.45) is 1.61. The van der Waals surface area contributed by atoms with Crippen LogP contribution in [0.4, 0.5) is 14.6 Å². The van der Waals surface area contributed by atoms with Crippen LogP contribution in [-0.4, -0.2) is 40.0 Å². The number of morpholine rings is 1. The lowest BCUT2D eigenvalue weighted by Gasteiger charge is -2.30. The van der Waals surface area contributed by atoms with Crippen LogP contribution in [0.15, 0.2) is 6.20 Å². The largest absolute Gasteiger partial charge is 0.345 e. The number of aromatic nitrogens is 3. The third kappa shape index (κ3) is 1.95. The molecular weight excluding hydrogens is 325 g/mol. The van der Waals surface area contributed by atoms with E-state index in [2.05, 4.69) is 15.0 Å². The number of pyridine rings is 1. The van der Waals surface area contributed by atoms with E-state index in [-0.39, 0.29) is 29.0 Å². The molecule has 2 aliphatic rings. The SMILES string of the molecule is Fc1c(Cl)ncc2c(N3CCO[C@@]4(F)CC34)nc(Cl)nc12. The maximum absolute atomic E-state index is 14.1. The van der Waals surface area contributed by atoms with Crippen molar-refractivity contribution in [2.75, 3.05) is 18.1 Å². The number of halogens is 4. The first-order valence-electron chi connectivity index (χ1n) is 6.26. The number of rotatable bonds is 1. The quantitative estimate of drug-likeness (QED) is 0.593. The minimum absolute atomic E-state index is 0.0263. The summed E-state index contributed by atoms with van der Waals surface area (Å²) in [5.41, 5.74) is -0.0263. The summed E-state index contributed by atoms with van der Waals surface area (Å²) in [5, 5.41) is -0.0795. The first kappa shape index (κ1) is 13.4. The molecule has 110 valence electrons. The number of anilines is 1. The normalized spacial score (nSPS) is 27.8. The van der Waals surface area contributed by atoms with Crippen LogP contribution >= 0.6 is 23.2 Å². The van der Waals surface area contributed by atoms with Crippen LogP contribution in [0.2, 0.25) is 10.4 Å². The van der Waals surface area contributed by atoms with Gasteiger partial charge in [-0.2, -0.15) is 4.98 Å². The predicted molar refractivity (Wildman–Crippen MR) is 72.9 cm³/mol. The van der Waals surface area contributed by atoms with E-state index in [4.69, 9.17) is 27.9 Å². The van der Waals surface area contributed by atoms with Gasteiger partial charge in [0, 0.05) is 19.2 Å². The predicted octanol–water partition coefficient (Wildman–Crippen LogP) is 2.75. The van der Waals surface area contributed by atoms with E-state index in [1.54, 1.807) is 4.90 Å². The van der Waals surface area contributed by atoms with Crippen molar-refractivity contribution in [3.8, 4) is 0 Å². The van der Waals surface area contributed by atoms with Gasteiger partial charge in [0.05, 0.1) is 18.0 Å². The Morgan fingerprint density at radius 3 is 3.00 bits per heavy atom. The van der Waals surface area contributed by atoms with Crippen molar-refractivity contribution < 1.29 is 13.5 Å². The van der Waals surface area contributed by atoms with E-state index in [0.717, 1.165) is 0 Å². The molecule has 0 N–H and O–H groups in total. The number of ether oxygens (including phenoxy) is 1. The van der Waals surface area contributed by atoms with Crippen molar-refractivity contribution in [1.29, 1.82) is 0 Å². The Labute approximate surface area is 127 Å². The summed E-state index contributed by atoms with van der Waals surface area (Å²) in [6, 6.07) is -0.445. The highest BCUT2D eigenvalue weighted by Crippen LogP contribution is 2.49. The zero-order valence-corrected chi connectivity index (χ0v) is 12.0. The highest BCUT2D eigenvalue weighted by molar-refractivity contribution is 6.30. The minimum atomic E-state index is -1.65. The van der Waals surface area contributed by atoms with Gasteiger partial charge in [-0.25, -0.2) is 18.7 Å². The average molecular weight is 333 g/mol. The van der Waals surface area contributed by atoms with E-state index in [0.29, 0.717) is 17.7 Å². The molecule has 1 unspecified atom stereocenters. The molecule has 0 amide bonds. The van der Waals surface area contributed by atoms with Gasteiger partial charge in [-0.1, -0.05) is 11.6 Å². The van der Waals surface area contributed by atoms with E-state index >= 15 is 0 Å². The maximum atomic E-state index is 14.1. The number of alkyl halides is 1. The minimum Gasteiger partial charge on any atom is -0.345 e. The Hall–Kier alpha value is -1.31. The Balaban J connectivity index is 1.91. The van der Waals surface area contributed by atoms with E-state index < -0.39 is 17.7 Å². The lowest BCUT2D eigenvalue weighted by Crippen LogP contribution is -2.41. The molecule has 1 saturated heterocycles. The Kier molecular flexibility index (Phi) is 2.76. The molecule has 0 radical (unpaired) electrons. The van der Waals surface area contributed by atoms with Gasteiger partial charge in [-0.15, -0.1) is 0 Å². The van der Waals surface area contributed by atoms with Crippen LogP contribution in [0.3, 0.4) is 0 Å². The summed E-state index contributed by atoms with van der Waals surface area (Å²) in [4.78, 5) is 13.4. The first-order chi connectivity index (χ1) is 9.99. The molecule has 2 aromatic rings. The van der Waals surface area contributed by atoms with Crippen molar-refractivity contribution in [3.05, 3.63) is 22.5 Å². The van der Waals surface area contributed by atoms with Crippen LogP contribution in [0, 0.1) is 5.82 Å². The summed E-state index contributed by atoms with van der Waals surface area (Å²) >= 11 is 11.5. The zero-order chi connectivity index (χ0) is 14.8. The number of hydrogen-bond donors (Lipinski definition) is 0. The first-order valence-corrected chi connectivity index (χ1v) is 7.02. The summed E-state index contributed by atoms with van der Waals surface area (Å²) in [5.74, 6) is -2.07. The van der Waals surface area contributed by atoms with Crippen LogP contribution in [-0.2, 0) is 4.74 Å². The third-order valence-electron chi connectivity index (χ3n) is 3.73. The van der Waals surface area contributed by atoms with E-state index in [9.17, 15) is 8.78 Å². The van der Waals surface area contributed by atoms with Crippen LogP contribution in [0.1, 0.15) is 6.42 Å². The van der Waals surface area contributed by atoms with Crippen molar-refractivity contribution in [1.82, 2.24) is 15.0 Å². The smallest absolute Gasteiger partial charge is 0.232 e. The molecule has 0 spiro atoms. The fourth-order valence-corrected chi connectivity index (χ4v) is 2.94. The molecule has 3 heterocycles. The van der Waals surface area contributed by atoms with Gasteiger partial charge < -0.3 is 9.64 Å². The fourth-order valence-electron chi connectivity index (χ4n) is 2.64. The van der Waals surface area contributed by atoms with Gasteiger partial charge >= 0.3 is 0 Å². The second kappa shape index (κ2) is 4.34. The molecule has 1 aliphatic carbocycles. The zero-order valence-electron chi connectivity index (χ0n) is 10.5. The number of fused-ring (bicyclic) bond motifs is 2. The lowest BCUT2D eigenvalue weighted by molar-refractivity contribution is -0.0774. The standard InChI is InChI=1S/C12H8Cl2F2N4O/c13-9-7(15)8-5(4-17-9)10(19-11(14)18-8)20-1-2-21-12(16)3-6(12)20/h4,6H,1-3H2/t6?,12-/m0/s1. The Morgan fingerprint density at radius 2 is 2.19 bits per heavy atom. The molecule has 2 fully saturated rings. The van der Waals surface area contributed by atoms with Gasteiger partial charge in [-0.3, -0.25) is 0 Å². The Morgan fingerprint density at radius 1 is 1.38 bits per heavy atom. The Bertz CT molecular complexity index is 762. The third-order valence-corrected chi connectivity index (χ3v) is 4.16. The second-order valence-electron chi connectivity index (χ2n) is 4.99. The molecule has 9 heteroatoms. The van der Waals surface area contributed by atoms with Crippen molar-refractivity contribution in [2.24, 2.45) is 0 Å². The van der Waals surface area contributed by atoms with Gasteiger partial charge in [-0.05, 0) is 11.6 Å². The fraction of sp³-hybridized carbons (Fsp3) is 0.417. The van der Waals surface area contributed by atoms with Crippen molar-refractivity contribution >= 4 is 39.9 Å². The molecule has 21 heavy (non-hydrogen) atoms. The van der Waals surface area contributed by atoms with Gasteiger partial charge in [0.15, 0.2) is 11.0 Å². The van der Waals surface area contributed by atoms with Crippen LogP contribution in [0.25, 0.3) is 10.9 Å². The van der Waals surface area contributed by atoms with Crippen molar-refractivity contribution in [3.63, 3.8) is 0 Å². The lowest BCUT2D eigenvalue weighted by atomic mass is 10.2. The van der Waals surface area contributed by atoms with E-state index in [1.165, 1.54) is 6.20 Å². The summed E-state index contributed by atoms with van der Waals surface area (Å²) < 4.78 is 33.2. The number of hydrogen-bond acceptors (Lipinski definition) is 5. The highest BCUT2D eigenvalue weighted by Gasteiger charge is 2.63. The summed E-state index contributed by atoms with van der Waals surface area (Å²) in [6.45, 7) is 0.655. The second-order valence-corrected chi connectivity index (χ2v) is 5.69. The van der Waals surface area contributed by atoms with Crippen molar-refractivity contribution in [2.45, 2.75) is 18.3 Å². The van der Waals surface area contributed by atoms with E-state index in [1.807, 2.05) is 0 Å². The topological polar surface area (TPSA) is 51.1 Å². The van der Waals surface area contributed by atoms with Crippen LogP contribution in [0.5, 0.6) is 0 Å². The molecule has 1 saturated carbocycles. The molecule has 0 bridgehead atoms. The van der Waals surface area contributed by atoms with Crippen LogP contribution < -0.4 is 4.90 Å². The molecule has 2 atom stereocenters. The van der Waals surface area contributed by atoms with Gasteiger partial charge in [0.25, 0.3) is 0 Å². The monoisotopic (exact) mass is 332 g/mol. The summed E-state index contributed by atoms with van der Waals surface area (Å²) in [7, 11) is 0. The van der Waals surface area contributed by atoms with Gasteiger partial charge in [0.1, 0.15) is 11.3 Å². The molecule has 0 aromatic carbocycles. The number of nitrogens with zero attached hydrogens (tertiary/aromatic N) is 4. The van der Waals surface area contributed by atoms with Gasteiger partial charge in [0.2, 0.25) is 11.1 Å². The molecule has 2 aromatic heterocycles. The maximum Gasteiger partial charge on any atom is 0.232 e. The highest BCUT2D eigenvalue weighted by atomic mass is 35.5.